The highest BCUT2D eigenvalue weighted by atomic mass is 16.3. The number of furan rings is 1. The Morgan fingerprint density at radius 1 is 1.07 bits per heavy atom. The van der Waals surface area contributed by atoms with Crippen LogP contribution in [-0.4, -0.2) is 0 Å². The van der Waals surface area contributed by atoms with Crippen LogP contribution >= 0.6 is 0 Å². The Morgan fingerprint density at radius 2 is 1.86 bits per heavy atom. The summed E-state index contributed by atoms with van der Waals surface area (Å²) in [5.74, 6) is 1.94. The van der Waals surface area contributed by atoms with Crippen molar-refractivity contribution in [3.63, 3.8) is 0 Å². The van der Waals surface area contributed by atoms with Crippen molar-refractivity contribution in [1.82, 2.24) is 0 Å². The number of hydrogen-bond acceptors (Lipinski definition) is 1. The van der Waals surface area contributed by atoms with Crippen LogP contribution in [0.3, 0.4) is 0 Å². The summed E-state index contributed by atoms with van der Waals surface area (Å²) in [7, 11) is 0. The molecule has 0 N–H and O–H groups in total. The highest BCUT2D eigenvalue weighted by Gasteiger charge is 2.05. The van der Waals surface area contributed by atoms with Gasteiger partial charge in [-0.3, -0.25) is 0 Å². The monoisotopic (exact) mass is 186 g/mol. The number of rotatable bonds is 2. The predicted molar refractivity (Wildman–Crippen MR) is 58.3 cm³/mol. The summed E-state index contributed by atoms with van der Waals surface area (Å²) in [5, 5.41) is 0. The third-order valence-corrected chi connectivity index (χ3v) is 2.40. The molecule has 1 heteroatoms. The Morgan fingerprint density at radius 3 is 2.50 bits per heavy atom. The van der Waals surface area contributed by atoms with Crippen LogP contribution in [0.15, 0.2) is 40.8 Å². The topological polar surface area (TPSA) is 13.1 Å². The molecule has 1 aromatic heterocycles. The summed E-state index contributed by atoms with van der Waals surface area (Å²) in [6.07, 6.45) is 1.04. The third kappa shape index (κ3) is 1.58. The minimum atomic E-state index is 0.964. The van der Waals surface area contributed by atoms with E-state index in [4.69, 9.17) is 4.42 Å². The van der Waals surface area contributed by atoms with Crippen molar-refractivity contribution >= 4 is 0 Å². The molecule has 0 spiro atoms. The van der Waals surface area contributed by atoms with Crippen molar-refractivity contribution in [2.45, 2.75) is 20.3 Å². The van der Waals surface area contributed by atoms with E-state index in [1.165, 1.54) is 11.1 Å². The van der Waals surface area contributed by atoms with Gasteiger partial charge in [0.1, 0.15) is 11.5 Å². The first-order valence-corrected chi connectivity index (χ1v) is 4.96. The Balaban J connectivity index is 2.50. The van der Waals surface area contributed by atoms with E-state index < -0.39 is 0 Å². The lowest BCUT2D eigenvalue weighted by Gasteiger charge is -2.03. The maximum absolute atomic E-state index is 5.61. The van der Waals surface area contributed by atoms with Crippen molar-refractivity contribution < 1.29 is 4.42 Å². The standard InChI is InChI=1S/C13H14O/c1-3-11-6-4-5-7-12(11)13-9-8-10(2)14-13/h4-9H,3H2,1-2H3. The maximum atomic E-state index is 5.61. The zero-order chi connectivity index (χ0) is 9.97. The summed E-state index contributed by atoms with van der Waals surface area (Å²) < 4.78 is 5.61. The van der Waals surface area contributed by atoms with Crippen LogP contribution in [0, 0.1) is 6.92 Å². The van der Waals surface area contributed by atoms with Crippen molar-refractivity contribution in [3.05, 3.63) is 47.7 Å². The second-order valence-corrected chi connectivity index (χ2v) is 3.42. The number of aryl methyl sites for hydroxylation is 2. The van der Waals surface area contributed by atoms with Gasteiger partial charge >= 0.3 is 0 Å². The molecule has 0 radical (unpaired) electrons. The number of hydrogen-bond donors (Lipinski definition) is 0. The van der Waals surface area contributed by atoms with Gasteiger partial charge in [0.05, 0.1) is 0 Å². The van der Waals surface area contributed by atoms with Gasteiger partial charge in [-0.25, -0.2) is 0 Å². The molecule has 1 heterocycles. The van der Waals surface area contributed by atoms with Crippen LogP contribution in [0.2, 0.25) is 0 Å². The highest BCUT2D eigenvalue weighted by Crippen LogP contribution is 2.25. The first kappa shape index (κ1) is 9.07. The van der Waals surface area contributed by atoms with E-state index in [1.807, 2.05) is 25.1 Å². The van der Waals surface area contributed by atoms with Crippen molar-refractivity contribution in [1.29, 1.82) is 0 Å². The van der Waals surface area contributed by atoms with Gasteiger partial charge in [-0.1, -0.05) is 31.2 Å². The highest BCUT2D eigenvalue weighted by molar-refractivity contribution is 5.62. The molecule has 14 heavy (non-hydrogen) atoms. The summed E-state index contributed by atoms with van der Waals surface area (Å²) in [6.45, 7) is 4.13. The fraction of sp³-hybridized carbons (Fsp3) is 0.231. The number of benzene rings is 1. The Hall–Kier alpha value is -1.50. The van der Waals surface area contributed by atoms with Gasteiger partial charge in [0.15, 0.2) is 0 Å². The smallest absolute Gasteiger partial charge is 0.134 e. The lowest BCUT2D eigenvalue weighted by atomic mass is 10.0. The summed E-state index contributed by atoms with van der Waals surface area (Å²) >= 11 is 0. The molecule has 0 atom stereocenters. The third-order valence-electron chi connectivity index (χ3n) is 2.40. The van der Waals surface area contributed by atoms with Gasteiger partial charge in [-0.05, 0) is 31.0 Å². The van der Waals surface area contributed by atoms with E-state index in [0.717, 1.165) is 17.9 Å². The molecular weight excluding hydrogens is 172 g/mol. The molecule has 2 aromatic rings. The molecule has 0 aliphatic carbocycles. The van der Waals surface area contributed by atoms with Crippen LogP contribution in [0.25, 0.3) is 11.3 Å². The molecular formula is C13H14O. The molecule has 2 rings (SSSR count). The molecule has 1 nitrogen and oxygen atoms in total. The lowest BCUT2D eigenvalue weighted by Crippen LogP contribution is -1.84. The minimum Gasteiger partial charge on any atom is -0.461 e. The predicted octanol–water partition coefficient (Wildman–Crippen LogP) is 3.82. The van der Waals surface area contributed by atoms with Gasteiger partial charge < -0.3 is 4.42 Å². The van der Waals surface area contributed by atoms with E-state index >= 15 is 0 Å². The van der Waals surface area contributed by atoms with Gasteiger partial charge in [-0.2, -0.15) is 0 Å². The van der Waals surface area contributed by atoms with E-state index in [9.17, 15) is 0 Å². The van der Waals surface area contributed by atoms with E-state index in [0.29, 0.717) is 0 Å². The Labute approximate surface area is 84.4 Å². The average molecular weight is 186 g/mol. The first-order chi connectivity index (χ1) is 6.81. The second-order valence-electron chi connectivity index (χ2n) is 3.42. The lowest BCUT2D eigenvalue weighted by molar-refractivity contribution is 0.548. The molecule has 0 unspecified atom stereocenters. The van der Waals surface area contributed by atoms with Crippen LogP contribution in [0.1, 0.15) is 18.2 Å². The van der Waals surface area contributed by atoms with Gasteiger partial charge in [-0.15, -0.1) is 0 Å². The minimum absolute atomic E-state index is 0.964. The van der Waals surface area contributed by atoms with Crippen LogP contribution < -0.4 is 0 Å². The van der Waals surface area contributed by atoms with E-state index in [-0.39, 0.29) is 0 Å². The fourth-order valence-electron chi connectivity index (χ4n) is 1.65. The largest absolute Gasteiger partial charge is 0.461 e. The molecule has 72 valence electrons. The van der Waals surface area contributed by atoms with Crippen molar-refractivity contribution in [2.24, 2.45) is 0 Å². The van der Waals surface area contributed by atoms with Crippen LogP contribution in [-0.2, 0) is 6.42 Å². The molecule has 1 aromatic carbocycles. The average Bonchev–Trinajstić information content (AvgIpc) is 2.65. The fourth-order valence-corrected chi connectivity index (χ4v) is 1.65. The van der Waals surface area contributed by atoms with Gasteiger partial charge in [0.25, 0.3) is 0 Å². The molecule has 0 saturated carbocycles. The van der Waals surface area contributed by atoms with Crippen molar-refractivity contribution in [2.75, 3.05) is 0 Å². The molecule has 0 saturated heterocycles. The van der Waals surface area contributed by atoms with Crippen LogP contribution in [0.5, 0.6) is 0 Å². The zero-order valence-corrected chi connectivity index (χ0v) is 8.58. The normalized spacial score (nSPS) is 10.4. The summed E-state index contributed by atoms with van der Waals surface area (Å²) in [5.41, 5.74) is 2.55. The van der Waals surface area contributed by atoms with Crippen molar-refractivity contribution in [3.8, 4) is 11.3 Å². The summed E-state index contributed by atoms with van der Waals surface area (Å²) in [6, 6.07) is 12.4. The van der Waals surface area contributed by atoms with E-state index in [2.05, 4.69) is 25.1 Å². The Kier molecular flexibility index (Phi) is 2.40. The quantitative estimate of drug-likeness (QED) is 0.695. The molecule has 0 bridgehead atoms. The van der Waals surface area contributed by atoms with Crippen LogP contribution in [0.4, 0.5) is 0 Å². The first-order valence-electron chi connectivity index (χ1n) is 4.96. The molecule has 0 aliphatic heterocycles. The second kappa shape index (κ2) is 3.70. The maximum Gasteiger partial charge on any atom is 0.134 e. The van der Waals surface area contributed by atoms with Gasteiger partial charge in [0, 0.05) is 5.56 Å². The molecule has 0 fully saturated rings. The molecule has 0 aliphatic rings. The molecule has 0 amide bonds. The Bertz CT molecular complexity index is 426. The SMILES string of the molecule is CCc1ccccc1-c1ccc(C)o1. The summed E-state index contributed by atoms with van der Waals surface area (Å²) in [4.78, 5) is 0. The zero-order valence-electron chi connectivity index (χ0n) is 8.58. The van der Waals surface area contributed by atoms with Gasteiger partial charge in [0.2, 0.25) is 0 Å². The van der Waals surface area contributed by atoms with E-state index in [1.54, 1.807) is 0 Å².